The third kappa shape index (κ3) is 3.57. The maximum absolute atomic E-state index is 10.7. The van der Waals surface area contributed by atoms with Crippen LogP contribution < -0.4 is 20.7 Å². The summed E-state index contributed by atoms with van der Waals surface area (Å²) in [6.07, 6.45) is 0. The first kappa shape index (κ1) is 14.5. The van der Waals surface area contributed by atoms with E-state index in [4.69, 9.17) is 15.3 Å². The largest absolute Gasteiger partial charge is 0.493 e. The molecule has 0 fully saturated rings. The Labute approximate surface area is 120 Å². The van der Waals surface area contributed by atoms with Crippen LogP contribution in [0.3, 0.4) is 0 Å². The highest BCUT2D eigenvalue weighted by molar-refractivity contribution is 5.48. The van der Waals surface area contributed by atoms with E-state index >= 15 is 0 Å². The fraction of sp³-hybridized carbons (Fsp3) is 0.154. The van der Waals surface area contributed by atoms with E-state index in [1.165, 1.54) is 25.3 Å². The van der Waals surface area contributed by atoms with Crippen molar-refractivity contribution >= 4 is 11.5 Å². The van der Waals surface area contributed by atoms with E-state index in [0.717, 1.165) is 0 Å². The van der Waals surface area contributed by atoms with Crippen molar-refractivity contribution in [2.24, 2.45) is 5.84 Å². The minimum Gasteiger partial charge on any atom is -0.493 e. The number of pyridine rings is 1. The maximum atomic E-state index is 10.7. The minimum atomic E-state index is -0.496. The van der Waals surface area contributed by atoms with Crippen molar-refractivity contribution in [3.63, 3.8) is 0 Å². The average Bonchev–Trinajstić information content (AvgIpc) is 2.52. The lowest BCUT2D eigenvalue weighted by Crippen LogP contribution is -2.10. The Bertz CT molecular complexity index is 648. The number of nitro benzene ring substituents is 1. The predicted molar refractivity (Wildman–Crippen MR) is 76.0 cm³/mol. The molecule has 1 heterocycles. The zero-order valence-electron chi connectivity index (χ0n) is 11.3. The first-order valence-electron chi connectivity index (χ1n) is 6.02. The zero-order valence-corrected chi connectivity index (χ0v) is 11.3. The second-order valence-electron chi connectivity index (χ2n) is 4.04. The van der Waals surface area contributed by atoms with Crippen molar-refractivity contribution in [1.82, 2.24) is 4.98 Å². The van der Waals surface area contributed by atoms with E-state index in [2.05, 4.69) is 10.4 Å². The summed E-state index contributed by atoms with van der Waals surface area (Å²) >= 11 is 0. The molecule has 0 radical (unpaired) electrons. The van der Waals surface area contributed by atoms with E-state index in [0.29, 0.717) is 17.3 Å². The molecule has 1 aromatic carbocycles. The molecule has 2 rings (SSSR count). The Kier molecular flexibility index (Phi) is 4.52. The van der Waals surface area contributed by atoms with Crippen LogP contribution in [0.2, 0.25) is 0 Å². The van der Waals surface area contributed by atoms with Crippen LogP contribution in [0.25, 0.3) is 0 Å². The monoisotopic (exact) mass is 290 g/mol. The van der Waals surface area contributed by atoms with Crippen molar-refractivity contribution in [3.8, 4) is 11.5 Å². The van der Waals surface area contributed by atoms with Crippen LogP contribution in [0.5, 0.6) is 11.5 Å². The number of rotatable bonds is 6. The number of methoxy groups -OCH3 is 1. The molecule has 0 bridgehead atoms. The van der Waals surface area contributed by atoms with Gasteiger partial charge >= 0.3 is 0 Å². The number of non-ortho nitro benzene ring substituents is 1. The summed E-state index contributed by atoms with van der Waals surface area (Å²) in [6, 6.07) is 9.42. The van der Waals surface area contributed by atoms with Crippen LogP contribution in [0, 0.1) is 10.1 Å². The molecule has 0 saturated carbocycles. The van der Waals surface area contributed by atoms with Gasteiger partial charge in [0.15, 0.2) is 11.5 Å². The fourth-order valence-corrected chi connectivity index (χ4v) is 1.68. The molecule has 0 aliphatic rings. The maximum Gasteiger partial charge on any atom is 0.273 e. The van der Waals surface area contributed by atoms with Gasteiger partial charge in [0.05, 0.1) is 23.8 Å². The number of nitrogens with zero attached hydrogens (tertiary/aromatic N) is 2. The molecule has 0 saturated heterocycles. The molecule has 0 amide bonds. The number of nitrogens with one attached hydrogen (secondary N) is 1. The summed E-state index contributed by atoms with van der Waals surface area (Å²) in [4.78, 5) is 14.4. The van der Waals surface area contributed by atoms with Crippen LogP contribution in [0.15, 0.2) is 36.4 Å². The van der Waals surface area contributed by atoms with Crippen molar-refractivity contribution in [2.45, 2.75) is 6.61 Å². The van der Waals surface area contributed by atoms with Gasteiger partial charge in [-0.25, -0.2) is 10.8 Å². The minimum absolute atomic E-state index is 0.0633. The summed E-state index contributed by atoms with van der Waals surface area (Å²) < 4.78 is 10.7. The second-order valence-corrected chi connectivity index (χ2v) is 4.04. The van der Waals surface area contributed by atoms with Gasteiger partial charge in [-0.2, -0.15) is 0 Å². The fourth-order valence-electron chi connectivity index (χ4n) is 1.68. The standard InChI is InChI=1S/C13H14N4O4/c1-20-12-7-10(17(18)19)5-6-11(12)21-8-9-3-2-4-13(15-9)16-14/h2-7H,8,14H2,1H3,(H,15,16). The third-order valence-electron chi connectivity index (χ3n) is 2.69. The van der Waals surface area contributed by atoms with Gasteiger partial charge in [-0.05, 0) is 18.2 Å². The van der Waals surface area contributed by atoms with Crippen LogP contribution in [-0.2, 0) is 6.61 Å². The number of nitrogen functional groups attached to an aromatic ring is 1. The van der Waals surface area contributed by atoms with Gasteiger partial charge in [0, 0.05) is 6.07 Å². The summed E-state index contributed by atoms with van der Waals surface area (Å²) in [6.45, 7) is 0.184. The first-order valence-corrected chi connectivity index (χ1v) is 6.02. The molecule has 8 nitrogen and oxygen atoms in total. The van der Waals surface area contributed by atoms with Gasteiger partial charge in [0.1, 0.15) is 12.4 Å². The average molecular weight is 290 g/mol. The Morgan fingerprint density at radius 2 is 2.14 bits per heavy atom. The molecule has 0 atom stereocenters. The van der Waals surface area contributed by atoms with Crippen molar-refractivity contribution in [1.29, 1.82) is 0 Å². The number of benzene rings is 1. The van der Waals surface area contributed by atoms with Crippen molar-refractivity contribution in [2.75, 3.05) is 12.5 Å². The number of nitrogens with two attached hydrogens (primary N) is 1. The molecule has 0 aliphatic carbocycles. The highest BCUT2D eigenvalue weighted by atomic mass is 16.6. The molecule has 3 N–H and O–H groups in total. The van der Waals surface area contributed by atoms with Gasteiger partial charge < -0.3 is 14.9 Å². The van der Waals surface area contributed by atoms with E-state index in [-0.39, 0.29) is 18.0 Å². The van der Waals surface area contributed by atoms with Crippen molar-refractivity contribution < 1.29 is 14.4 Å². The van der Waals surface area contributed by atoms with E-state index < -0.39 is 4.92 Å². The molecule has 0 spiro atoms. The van der Waals surface area contributed by atoms with E-state index in [1.54, 1.807) is 18.2 Å². The molecule has 2 aromatic rings. The topological polar surface area (TPSA) is 113 Å². The van der Waals surface area contributed by atoms with Gasteiger partial charge in [-0.3, -0.25) is 10.1 Å². The summed E-state index contributed by atoms with van der Waals surface area (Å²) in [5.74, 6) is 6.49. The molecule has 110 valence electrons. The Morgan fingerprint density at radius 1 is 1.33 bits per heavy atom. The quantitative estimate of drug-likeness (QED) is 0.474. The number of hydrazine groups is 1. The molecular formula is C13H14N4O4. The Morgan fingerprint density at radius 3 is 2.81 bits per heavy atom. The number of nitro groups is 1. The summed E-state index contributed by atoms with van der Waals surface area (Å²) in [5, 5.41) is 10.7. The number of hydrogen-bond donors (Lipinski definition) is 2. The molecule has 8 heteroatoms. The molecular weight excluding hydrogens is 276 g/mol. The van der Waals surface area contributed by atoms with Gasteiger partial charge in [-0.15, -0.1) is 0 Å². The lowest BCUT2D eigenvalue weighted by Gasteiger charge is -2.10. The van der Waals surface area contributed by atoms with Gasteiger partial charge in [0.2, 0.25) is 0 Å². The molecule has 1 aromatic heterocycles. The zero-order chi connectivity index (χ0) is 15.2. The number of hydrogen-bond acceptors (Lipinski definition) is 7. The van der Waals surface area contributed by atoms with Crippen LogP contribution >= 0.6 is 0 Å². The van der Waals surface area contributed by atoms with E-state index in [9.17, 15) is 10.1 Å². The Hall–Kier alpha value is -2.87. The first-order chi connectivity index (χ1) is 10.1. The lowest BCUT2D eigenvalue weighted by molar-refractivity contribution is -0.385. The number of ether oxygens (including phenoxy) is 2. The summed E-state index contributed by atoms with van der Waals surface area (Å²) in [7, 11) is 1.42. The smallest absolute Gasteiger partial charge is 0.273 e. The highest BCUT2D eigenvalue weighted by Gasteiger charge is 2.12. The summed E-state index contributed by atoms with van der Waals surface area (Å²) in [5.41, 5.74) is 3.04. The predicted octanol–water partition coefficient (Wildman–Crippen LogP) is 1.86. The van der Waals surface area contributed by atoms with Gasteiger partial charge in [0.25, 0.3) is 5.69 Å². The van der Waals surface area contributed by atoms with Crippen LogP contribution in [-0.4, -0.2) is 17.0 Å². The van der Waals surface area contributed by atoms with E-state index in [1.807, 2.05) is 0 Å². The normalized spacial score (nSPS) is 10.0. The van der Waals surface area contributed by atoms with Crippen molar-refractivity contribution in [3.05, 3.63) is 52.2 Å². The third-order valence-corrected chi connectivity index (χ3v) is 2.69. The molecule has 0 aliphatic heterocycles. The Balaban J connectivity index is 2.13. The SMILES string of the molecule is COc1cc([N+](=O)[O-])ccc1OCc1cccc(NN)n1. The van der Waals surface area contributed by atoms with Crippen LogP contribution in [0.4, 0.5) is 11.5 Å². The second kappa shape index (κ2) is 6.53. The van der Waals surface area contributed by atoms with Crippen LogP contribution in [0.1, 0.15) is 5.69 Å². The molecule has 21 heavy (non-hydrogen) atoms. The number of aromatic nitrogens is 1. The number of anilines is 1. The highest BCUT2D eigenvalue weighted by Crippen LogP contribution is 2.31. The molecule has 0 unspecified atom stereocenters. The van der Waals surface area contributed by atoms with Gasteiger partial charge in [-0.1, -0.05) is 6.07 Å². The lowest BCUT2D eigenvalue weighted by atomic mass is 10.3.